The highest BCUT2D eigenvalue weighted by Gasteiger charge is 2.19. The zero-order valence-electron chi connectivity index (χ0n) is 17.2. The van der Waals surface area contributed by atoms with Crippen LogP contribution in [0.1, 0.15) is 6.42 Å². The van der Waals surface area contributed by atoms with E-state index in [9.17, 15) is 9.59 Å². The van der Waals surface area contributed by atoms with E-state index in [1.54, 1.807) is 18.7 Å². The summed E-state index contributed by atoms with van der Waals surface area (Å²) in [5.74, 6) is 3.66. The molecule has 1 aromatic carbocycles. The van der Waals surface area contributed by atoms with Gasteiger partial charge in [0, 0.05) is 26.2 Å². The number of terminal acetylenes is 1. The summed E-state index contributed by atoms with van der Waals surface area (Å²) >= 11 is 0. The fourth-order valence-corrected chi connectivity index (χ4v) is 3.23. The Labute approximate surface area is 169 Å². The summed E-state index contributed by atoms with van der Waals surface area (Å²) in [5, 5.41) is 0. The van der Waals surface area contributed by atoms with Gasteiger partial charge in [0.05, 0.1) is 13.2 Å². The molecule has 0 radical (unpaired) electrons. The fourth-order valence-electron chi connectivity index (χ4n) is 3.23. The molecule has 0 amide bonds. The van der Waals surface area contributed by atoms with Crippen LogP contribution >= 0.6 is 0 Å². The summed E-state index contributed by atoms with van der Waals surface area (Å²) in [6.45, 7) is 1.47. The number of fused-ring (bicyclic) bond motifs is 1. The van der Waals surface area contributed by atoms with Crippen molar-refractivity contribution in [1.29, 1.82) is 0 Å². The number of hydrogen-bond acceptors (Lipinski definition) is 5. The minimum absolute atomic E-state index is 0.0851. The lowest BCUT2D eigenvalue weighted by atomic mass is 10.2. The summed E-state index contributed by atoms with van der Waals surface area (Å²) in [6, 6.07) is 7.55. The summed E-state index contributed by atoms with van der Waals surface area (Å²) in [5.41, 5.74) is 0.517. The van der Waals surface area contributed by atoms with Gasteiger partial charge in [-0.2, -0.15) is 0 Å². The normalized spacial score (nSPS) is 11.2. The molecule has 0 saturated carbocycles. The molecular weight excluding hydrogens is 370 g/mol. The SMILES string of the molecule is C#CCn1c(=O)c2c(nc(-c3cccc(OCCCN(C)C)c3)n2C)n(C)c1=O. The number of imidazole rings is 1. The van der Waals surface area contributed by atoms with Crippen LogP contribution in [0.5, 0.6) is 5.75 Å². The van der Waals surface area contributed by atoms with E-state index in [0.29, 0.717) is 23.6 Å². The zero-order valence-corrected chi connectivity index (χ0v) is 17.2. The van der Waals surface area contributed by atoms with Crippen LogP contribution in [0.2, 0.25) is 0 Å². The minimum Gasteiger partial charge on any atom is -0.494 e. The highest BCUT2D eigenvalue weighted by atomic mass is 16.5. The second-order valence-electron chi connectivity index (χ2n) is 7.14. The molecule has 0 aliphatic rings. The molecular formula is C21H25N5O3. The van der Waals surface area contributed by atoms with Gasteiger partial charge >= 0.3 is 5.69 Å². The van der Waals surface area contributed by atoms with Crippen molar-refractivity contribution in [2.75, 3.05) is 27.2 Å². The number of benzene rings is 1. The van der Waals surface area contributed by atoms with Gasteiger partial charge in [0.25, 0.3) is 5.56 Å². The van der Waals surface area contributed by atoms with E-state index in [1.807, 2.05) is 38.4 Å². The zero-order chi connectivity index (χ0) is 21.1. The first-order valence-electron chi connectivity index (χ1n) is 9.32. The Balaban J connectivity index is 2.02. The summed E-state index contributed by atoms with van der Waals surface area (Å²) in [7, 11) is 7.38. The van der Waals surface area contributed by atoms with Crippen LogP contribution in [0.25, 0.3) is 22.6 Å². The van der Waals surface area contributed by atoms with Gasteiger partial charge in [-0.25, -0.2) is 14.3 Å². The van der Waals surface area contributed by atoms with Crippen molar-refractivity contribution in [2.24, 2.45) is 14.1 Å². The lowest BCUT2D eigenvalue weighted by Gasteiger charge is -2.11. The van der Waals surface area contributed by atoms with Crippen molar-refractivity contribution in [3.63, 3.8) is 0 Å². The molecule has 0 spiro atoms. The fraction of sp³-hybridized carbons (Fsp3) is 0.381. The third kappa shape index (κ3) is 3.96. The van der Waals surface area contributed by atoms with Crippen molar-refractivity contribution >= 4 is 11.2 Å². The second kappa shape index (κ2) is 8.37. The number of aromatic nitrogens is 4. The quantitative estimate of drug-likeness (QED) is 0.442. The van der Waals surface area contributed by atoms with Gasteiger partial charge in [-0.15, -0.1) is 6.42 Å². The Morgan fingerprint density at radius 3 is 2.66 bits per heavy atom. The largest absolute Gasteiger partial charge is 0.494 e. The second-order valence-corrected chi connectivity index (χ2v) is 7.14. The molecule has 3 rings (SSSR count). The Bertz CT molecular complexity index is 1190. The van der Waals surface area contributed by atoms with E-state index in [4.69, 9.17) is 11.2 Å². The van der Waals surface area contributed by atoms with Gasteiger partial charge in [0.15, 0.2) is 11.2 Å². The Morgan fingerprint density at radius 1 is 1.21 bits per heavy atom. The smallest absolute Gasteiger partial charge is 0.333 e. The molecule has 0 unspecified atom stereocenters. The molecule has 2 heterocycles. The van der Waals surface area contributed by atoms with E-state index in [0.717, 1.165) is 28.8 Å². The average molecular weight is 395 g/mol. The molecule has 0 aliphatic heterocycles. The van der Waals surface area contributed by atoms with Crippen LogP contribution in [-0.2, 0) is 20.6 Å². The molecule has 8 nitrogen and oxygen atoms in total. The summed E-state index contributed by atoms with van der Waals surface area (Å²) in [6.07, 6.45) is 6.23. The molecule has 0 aliphatic carbocycles. The maximum atomic E-state index is 12.8. The minimum atomic E-state index is -0.483. The molecule has 3 aromatic rings. The van der Waals surface area contributed by atoms with Crippen molar-refractivity contribution in [2.45, 2.75) is 13.0 Å². The highest BCUT2D eigenvalue weighted by molar-refractivity contribution is 5.77. The van der Waals surface area contributed by atoms with Crippen molar-refractivity contribution in [3.8, 4) is 29.5 Å². The average Bonchev–Trinajstić information content (AvgIpc) is 3.04. The van der Waals surface area contributed by atoms with Gasteiger partial charge in [0.2, 0.25) is 0 Å². The van der Waals surface area contributed by atoms with Crippen molar-refractivity contribution in [1.82, 2.24) is 23.6 Å². The van der Waals surface area contributed by atoms with E-state index in [1.165, 1.54) is 4.57 Å². The maximum absolute atomic E-state index is 12.8. The van der Waals surface area contributed by atoms with E-state index < -0.39 is 11.2 Å². The van der Waals surface area contributed by atoms with Gasteiger partial charge in [-0.05, 0) is 32.6 Å². The van der Waals surface area contributed by atoms with Crippen LogP contribution in [0, 0.1) is 12.3 Å². The highest BCUT2D eigenvalue weighted by Crippen LogP contribution is 2.25. The van der Waals surface area contributed by atoms with Gasteiger partial charge < -0.3 is 14.2 Å². The standard InChI is InChI=1S/C21H25N5O3/c1-6-11-26-20(27)17-19(25(5)21(26)28)22-18(24(17)4)15-9-7-10-16(14-15)29-13-8-12-23(2)3/h1,7,9-10,14H,8,11-13H2,2-5H3. The van der Waals surface area contributed by atoms with E-state index in [-0.39, 0.29) is 6.54 Å². The van der Waals surface area contributed by atoms with Crippen LogP contribution in [-0.4, -0.2) is 50.8 Å². The number of nitrogens with zero attached hydrogens (tertiary/aromatic N) is 5. The first-order chi connectivity index (χ1) is 13.8. The molecule has 0 fully saturated rings. The van der Waals surface area contributed by atoms with E-state index in [2.05, 4.69) is 15.8 Å². The monoisotopic (exact) mass is 395 g/mol. The Morgan fingerprint density at radius 2 is 1.97 bits per heavy atom. The van der Waals surface area contributed by atoms with Crippen LogP contribution in [0.15, 0.2) is 33.9 Å². The van der Waals surface area contributed by atoms with Crippen molar-refractivity contribution in [3.05, 3.63) is 45.1 Å². The van der Waals surface area contributed by atoms with Gasteiger partial charge in [-0.1, -0.05) is 18.1 Å². The Hall–Kier alpha value is -3.31. The lowest BCUT2D eigenvalue weighted by molar-refractivity contribution is 0.281. The van der Waals surface area contributed by atoms with Crippen LogP contribution in [0.3, 0.4) is 0 Å². The molecule has 0 bridgehead atoms. The molecule has 29 heavy (non-hydrogen) atoms. The molecule has 8 heteroatoms. The number of rotatable bonds is 7. The summed E-state index contributed by atoms with van der Waals surface area (Å²) in [4.78, 5) is 31.9. The predicted octanol–water partition coefficient (Wildman–Crippen LogP) is 1.06. The third-order valence-corrected chi connectivity index (χ3v) is 4.72. The molecule has 0 N–H and O–H groups in total. The number of hydrogen-bond donors (Lipinski definition) is 0. The van der Waals surface area contributed by atoms with Crippen molar-refractivity contribution < 1.29 is 4.74 Å². The Kier molecular flexibility index (Phi) is 5.89. The third-order valence-electron chi connectivity index (χ3n) is 4.72. The molecule has 0 saturated heterocycles. The lowest BCUT2D eigenvalue weighted by Crippen LogP contribution is -2.39. The maximum Gasteiger partial charge on any atom is 0.333 e. The van der Waals surface area contributed by atoms with Crippen LogP contribution < -0.4 is 16.0 Å². The topological polar surface area (TPSA) is 74.3 Å². The first-order valence-corrected chi connectivity index (χ1v) is 9.32. The first kappa shape index (κ1) is 20.4. The number of aryl methyl sites for hydroxylation is 2. The van der Waals surface area contributed by atoms with Crippen LogP contribution in [0.4, 0.5) is 0 Å². The van der Waals surface area contributed by atoms with E-state index >= 15 is 0 Å². The van der Waals surface area contributed by atoms with Gasteiger partial charge in [0.1, 0.15) is 11.6 Å². The molecule has 152 valence electrons. The summed E-state index contributed by atoms with van der Waals surface area (Å²) < 4.78 is 9.92. The predicted molar refractivity (Wildman–Crippen MR) is 113 cm³/mol. The molecule has 0 atom stereocenters. The molecule has 2 aromatic heterocycles. The van der Waals surface area contributed by atoms with Gasteiger partial charge in [-0.3, -0.25) is 9.36 Å². The number of ether oxygens (including phenoxy) is 1.